The molecule has 24 heavy (non-hydrogen) atoms. The van der Waals surface area contributed by atoms with E-state index in [1.165, 1.54) is 0 Å². The maximum atomic E-state index is 12.4. The van der Waals surface area contributed by atoms with Crippen molar-refractivity contribution in [1.82, 2.24) is 15.2 Å². The van der Waals surface area contributed by atoms with E-state index in [1.807, 2.05) is 12.1 Å². The Labute approximate surface area is 142 Å². The lowest BCUT2D eigenvalue weighted by Gasteiger charge is -2.32. The molecule has 2 fully saturated rings. The second-order valence-electron chi connectivity index (χ2n) is 7.03. The van der Waals surface area contributed by atoms with Gasteiger partial charge in [0.1, 0.15) is 0 Å². The van der Waals surface area contributed by atoms with E-state index in [-0.39, 0.29) is 24.2 Å². The van der Waals surface area contributed by atoms with E-state index >= 15 is 0 Å². The summed E-state index contributed by atoms with van der Waals surface area (Å²) >= 11 is 0. The molecule has 0 bridgehead atoms. The second-order valence-corrected chi connectivity index (χ2v) is 7.03. The quantitative estimate of drug-likeness (QED) is 0.850. The maximum Gasteiger partial charge on any atom is 0.225 e. The van der Waals surface area contributed by atoms with Gasteiger partial charge in [-0.25, -0.2) is 0 Å². The minimum absolute atomic E-state index is 0.00309. The summed E-state index contributed by atoms with van der Waals surface area (Å²) in [5.74, 6) is -0.450. The topological polar surface area (TPSA) is 82.5 Å². The first-order chi connectivity index (χ1) is 11.6. The molecule has 1 aromatic heterocycles. The number of hydrogen-bond acceptors (Lipinski definition) is 4. The fourth-order valence-corrected chi connectivity index (χ4v) is 3.59. The number of aliphatic hydroxyl groups is 1. The molecule has 1 aliphatic heterocycles. The Kier molecular flexibility index (Phi) is 5.14. The average Bonchev–Trinajstić information content (AvgIpc) is 2.95. The van der Waals surface area contributed by atoms with Crippen molar-refractivity contribution >= 4 is 11.8 Å². The minimum atomic E-state index is -0.771. The van der Waals surface area contributed by atoms with Gasteiger partial charge in [0.15, 0.2) is 0 Å². The highest BCUT2D eigenvalue weighted by Crippen LogP contribution is 2.27. The zero-order chi connectivity index (χ0) is 17.0. The summed E-state index contributed by atoms with van der Waals surface area (Å²) in [4.78, 5) is 30.2. The predicted molar refractivity (Wildman–Crippen MR) is 88.8 cm³/mol. The van der Waals surface area contributed by atoms with Crippen molar-refractivity contribution in [1.29, 1.82) is 0 Å². The van der Waals surface area contributed by atoms with Gasteiger partial charge in [-0.05, 0) is 30.5 Å². The van der Waals surface area contributed by atoms with Gasteiger partial charge in [0, 0.05) is 38.4 Å². The molecule has 1 unspecified atom stereocenters. The summed E-state index contributed by atoms with van der Waals surface area (Å²) in [5, 5.41) is 13.3. The molecule has 2 N–H and O–H groups in total. The van der Waals surface area contributed by atoms with Crippen LogP contribution in [0.15, 0.2) is 24.5 Å². The number of hydrogen-bond donors (Lipinski definition) is 2. The van der Waals surface area contributed by atoms with E-state index in [1.54, 1.807) is 17.3 Å². The number of carbonyl (C=O) groups is 2. The molecule has 2 aliphatic rings. The highest BCUT2D eigenvalue weighted by Gasteiger charge is 2.36. The highest BCUT2D eigenvalue weighted by molar-refractivity contribution is 5.89. The molecular formula is C18H25N3O3. The lowest BCUT2D eigenvalue weighted by molar-refractivity contribution is -0.129. The van der Waals surface area contributed by atoms with Crippen LogP contribution in [0.25, 0.3) is 0 Å². The Morgan fingerprint density at radius 1 is 1.29 bits per heavy atom. The van der Waals surface area contributed by atoms with Crippen LogP contribution in [-0.4, -0.2) is 45.5 Å². The van der Waals surface area contributed by atoms with Gasteiger partial charge in [-0.15, -0.1) is 0 Å². The summed E-state index contributed by atoms with van der Waals surface area (Å²) in [5.41, 5.74) is 0.240. The van der Waals surface area contributed by atoms with E-state index in [0.717, 1.165) is 37.7 Å². The first-order valence-electron chi connectivity index (χ1n) is 8.72. The molecule has 130 valence electrons. The zero-order valence-corrected chi connectivity index (χ0v) is 13.9. The maximum absolute atomic E-state index is 12.4. The Bertz CT molecular complexity index is 584. The van der Waals surface area contributed by atoms with E-state index < -0.39 is 5.60 Å². The number of aromatic nitrogens is 1. The Morgan fingerprint density at radius 3 is 2.71 bits per heavy atom. The molecular weight excluding hydrogens is 306 g/mol. The predicted octanol–water partition coefficient (Wildman–Crippen LogP) is 1.24. The number of amides is 2. The third-order valence-corrected chi connectivity index (χ3v) is 5.08. The molecule has 1 saturated heterocycles. The minimum Gasteiger partial charge on any atom is -0.388 e. The fraction of sp³-hybridized carbons (Fsp3) is 0.611. The van der Waals surface area contributed by atoms with Gasteiger partial charge in [0.05, 0.1) is 11.5 Å². The fourth-order valence-electron chi connectivity index (χ4n) is 3.59. The summed E-state index contributed by atoms with van der Waals surface area (Å²) in [6.07, 6.45) is 8.29. The third kappa shape index (κ3) is 4.12. The van der Waals surface area contributed by atoms with Crippen LogP contribution >= 0.6 is 0 Å². The lowest BCUT2D eigenvalue weighted by atomic mass is 9.85. The zero-order valence-electron chi connectivity index (χ0n) is 13.9. The van der Waals surface area contributed by atoms with Gasteiger partial charge in [-0.1, -0.05) is 19.3 Å². The number of rotatable bonds is 5. The van der Waals surface area contributed by atoms with Gasteiger partial charge >= 0.3 is 0 Å². The smallest absolute Gasteiger partial charge is 0.225 e. The monoisotopic (exact) mass is 331 g/mol. The molecule has 1 aromatic rings. The molecule has 1 atom stereocenters. The Hall–Kier alpha value is -1.95. The molecule has 2 amide bonds. The van der Waals surface area contributed by atoms with Crippen molar-refractivity contribution in [3.8, 4) is 0 Å². The molecule has 0 spiro atoms. The first-order valence-corrected chi connectivity index (χ1v) is 8.72. The van der Waals surface area contributed by atoms with Crippen LogP contribution in [-0.2, 0) is 16.1 Å². The number of pyridine rings is 1. The van der Waals surface area contributed by atoms with Crippen LogP contribution in [0.1, 0.15) is 44.1 Å². The number of nitrogens with one attached hydrogen (secondary N) is 1. The molecule has 0 aromatic carbocycles. The average molecular weight is 331 g/mol. The molecule has 6 nitrogen and oxygen atoms in total. The Balaban J connectivity index is 1.50. The highest BCUT2D eigenvalue weighted by atomic mass is 16.3. The van der Waals surface area contributed by atoms with Crippen LogP contribution in [0.4, 0.5) is 0 Å². The first kappa shape index (κ1) is 16.9. The van der Waals surface area contributed by atoms with Crippen molar-refractivity contribution in [3.63, 3.8) is 0 Å². The summed E-state index contributed by atoms with van der Waals surface area (Å²) in [7, 11) is 0. The summed E-state index contributed by atoms with van der Waals surface area (Å²) in [6.45, 7) is 1.24. The van der Waals surface area contributed by atoms with Crippen LogP contribution in [0, 0.1) is 5.92 Å². The van der Waals surface area contributed by atoms with E-state index in [9.17, 15) is 14.7 Å². The van der Waals surface area contributed by atoms with Crippen molar-refractivity contribution in [2.24, 2.45) is 5.92 Å². The summed E-state index contributed by atoms with van der Waals surface area (Å²) < 4.78 is 0. The van der Waals surface area contributed by atoms with Crippen molar-refractivity contribution < 1.29 is 14.7 Å². The van der Waals surface area contributed by atoms with E-state index in [4.69, 9.17) is 0 Å². The SMILES string of the molecule is O=C(NCC1(O)CCCCC1)C1CC(=O)N(Cc2ccncc2)C1. The Morgan fingerprint density at radius 2 is 2.00 bits per heavy atom. The second kappa shape index (κ2) is 7.30. The standard InChI is InChI=1S/C18H25N3O3/c22-16-10-15(12-21(16)11-14-4-8-19-9-5-14)17(23)20-13-18(24)6-2-1-3-7-18/h4-5,8-9,15,24H,1-3,6-7,10-13H2,(H,20,23). The molecule has 0 radical (unpaired) electrons. The van der Waals surface area contributed by atoms with Gasteiger partial charge in [-0.2, -0.15) is 0 Å². The van der Waals surface area contributed by atoms with Crippen LogP contribution < -0.4 is 5.32 Å². The van der Waals surface area contributed by atoms with Crippen molar-refractivity contribution in [3.05, 3.63) is 30.1 Å². The van der Waals surface area contributed by atoms with E-state index in [2.05, 4.69) is 10.3 Å². The molecule has 1 saturated carbocycles. The van der Waals surface area contributed by atoms with Gasteiger partial charge in [0.2, 0.25) is 11.8 Å². The number of nitrogens with zero attached hydrogens (tertiary/aromatic N) is 2. The number of carbonyl (C=O) groups excluding carboxylic acids is 2. The van der Waals surface area contributed by atoms with Crippen LogP contribution in [0.2, 0.25) is 0 Å². The van der Waals surface area contributed by atoms with Gasteiger partial charge in [0.25, 0.3) is 0 Å². The number of likely N-dealkylation sites (tertiary alicyclic amines) is 1. The molecule has 6 heteroatoms. The summed E-state index contributed by atoms with van der Waals surface area (Å²) in [6, 6.07) is 3.75. The van der Waals surface area contributed by atoms with Crippen molar-refractivity contribution in [2.75, 3.05) is 13.1 Å². The molecule has 3 rings (SSSR count). The molecule has 1 aliphatic carbocycles. The van der Waals surface area contributed by atoms with Gasteiger partial charge in [-0.3, -0.25) is 14.6 Å². The third-order valence-electron chi connectivity index (χ3n) is 5.08. The van der Waals surface area contributed by atoms with Crippen molar-refractivity contribution in [2.45, 2.75) is 50.7 Å². The largest absolute Gasteiger partial charge is 0.388 e. The van der Waals surface area contributed by atoms with Crippen LogP contribution in [0.5, 0.6) is 0 Å². The lowest BCUT2D eigenvalue weighted by Crippen LogP contribution is -2.46. The normalized spacial score (nSPS) is 23.3. The van der Waals surface area contributed by atoms with Crippen LogP contribution in [0.3, 0.4) is 0 Å². The molecule has 2 heterocycles. The van der Waals surface area contributed by atoms with Gasteiger partial charge < -0.3 is 15.3 Å². The van der Waals surface area contributed by atoms with E-state index in [0.29, 0.717) is 19.6 Å².